The van der Waals surface area contributed by atoms with Gasteiger partial charge >= 0.3 is 12.3 Å². The number of hydrogen-bond acceptors (Lipinski definition) is 3. The largest absolute Gasteiger partial charge is 0.573 e. The van der Waals surface area contributed by atoms with Gasteiger partial charge in [0, 0.05) is 6.07 Å². The van der Waals surface area contributed by atoms with Crippen molar-refractivity contribution in [2.75, 3.05) is 6.61 Å². The van der Waals surface area contributed by atoms with Gasteiger partial charge in [-0.3, -0.25) is 0 Å². The number of ether oxygens (including phenoxy) is 2. The van der Waals surface area contributed by atoms with E-state index >= 15 is 0 Å². The van der Waals surface area contributed by atoms with Gasteiger partial charge in [-0.15, -0.1) is 13.2 Å². The summed E-state index contributed by atoms with van der Waals surface area (Å²) in [7, 11) is 0. The molecule has 0 fully saturated rings. The third kappa shape index (κ3) is 4.81. The first-order valence-corrected chi connectivity index (χ1v) is 4.55. The highest BCUT2D eigenvalue weighted by atomic mass is 35.5. The van der Waals surface area contributed by atoms with E-state index in [1.54, 1.807) is 0 Å². The highest BCUT2D eigenvalue weighted by molar-refractivity contribution is 6.32. The number of carboxylic acids is 1. The van der Waals surface area contributed by atoms with E-state index in [1.165, 1.54) is 0 Å². The van der Waals surface area contributed by atoms with Gasteiger partial charge in [-0.25, -0.2) is 4.79 Å². The second-order valence-electron chi connectivity index (χ2n) is 2.82. The third-order valence-corrected chi connectivity index (χ3v) is 1.78. The number of carbonyl (C=O) groups is 1. The molecule has 0 spiro atoms. The Balaban J connectivity index is 2.76. The number of hydrogen-bond donors (Lipinski definition) is 1. The van der Waals surface area contributed by atoms with Crippen LogP contribution in [0.25, 0.3) is 0 Å². The summed E-state index contributed by atoms with van der Waals surface area (Å²) in [6.45, 7) is -0.640. The molecule has 1 rings (SSSR count). The van der Waals surface area contributed by atoms with Crippen molar-refractivity contribution in [2.24, 2.45) is 0 Å². The van der Waals surface area contributed by atoms with Crippen molar-refractivity contribution in [2.45, 2.75) is 6.36 Å². The van der Waals surface area contributed by atoms with Crippen LogP contribution in [0.2, 0.25) is 5.02 Å². The van der Waals surface area contributed by atoms with Gasteiger partial charge in [-0.1, -0.05) is 11.6 Å². The molecule has 0 saturated carbocycles. The van der Waals surface area contributed by atoms with Crippen LogP contribution in [-0.2, 0) is 4.79 Å². The molecule has 0 aromatic heterocycles. The first kappa shape index (κ1) is 13.4. The maximum atomic E-state index is 11.9. The van der Waals surface area contributed by atoms with Crippen molar-refractivity contribution >= 4 is 17.6 Å². The van der Waals surface area contributed by atoms with Gasteiger partial charge in [0.2, 0.25) is 0 Å². The summed E-state index contributed by atoms with van der Waals surface area (Å²) in [5.41, 5.74) is 0. The van der Waals surface area contributed by atoms with E-state index in [4.69, 9.17) is 21.4 Å². The zero-order chi connectivity index (χ0) is 13.1. The second kappa shape index (κ2) is 5.13. The lowest BCUT2D eigenvalue weighted by Crippen LogP contribution is -2.17. The Morgan fingerprint density at radius 2 is 2.06 bits per heavy atom. The zero-order valence-electron chi connectivity index (χ0n) is 8.12. The summed E-state index contributed by atoms with van der Waals surface area (Å²) in [6.07, 6.45) is -4.81. The average Bonchev–Trinajstić information content (AvgIpc) is 2.13. The molecule has 0 aliphatic heterocycles. The van der Waals surface area contributed by atoms with E-state index in [0.29, 0.717) is 0 Å². The average molecular weight is 271 g/mol. The molecule has 0 aliphatic carbocycles. The molecule has 1 aromatic carbocycles. The van der Waals surface area contributed by atoms with Crippen molar-refractivity contribution in [1.82, 2.24) is 0 Å². The quantitative estimate of drug-likeness (QED) is 0.914. The molecular formula is C9H6ClF3O4. The molecular weight excluding hydrogens is 265 g/mol. The summed E-state index contributed by atoms with van der Waals surface area (Å²) in [6, 6.07) is 2.94. The smallest absolute Gasteiger partial charge is 0.480 e. The van der Waals surface area contributed by atoms with Crippen LogP contribution in [0.5, 0.6) is 11.5 Å². The van der Waals surface area contributed by atoms with Crippen LogP contribution in [0.15, 0.2) is 18.2 Å². The molecule has 0 bridgehead atoms. The Bertz CT molecular complexity index is 419. The van der Waals surface area contributed by atoms with E-state index in [9.17, 15) is 18.0 Å². The van der Waals surface area contributed by atoms with Crippen molar-refractivity contribution in [1.29, 1.82) is 0 Å². The van der Waals surface area contributed by atoms with Crippen molar-refractivity contribution in [3.05, 3.63) is 23.2 Å². The maximum Gasteiger partial charge on any atom is 0.573 e. The fourth-order valence-electron chi connectivity index (χ4n) is 0.935. The molecule has 17 heavy (non-hydrogen) atoms. The second-order valence-corrected chi connectivity index (χ2v) is 3.23. The highest BCUT2D eigenvalue weighted by Gasteiger charge is 2.31. The molecule has 8 heteroatoms. The molecule has 94 valence electrons. The summed E-state index contributed by atoms with van der Waals surface area (Å²) < 4.78 is 43.9. The van der Waals surface area contributed by atoms with Gasteiger partial charge in [0.05, 0.1) is 5.02 Å². The lowest BCUT2D eigenvalue weighted by Gasteiger charge is -2.10. The van der Waals surface area contributed by atoms with Crippen LogP contribution < -0.4 is 9.47 Å². The summed E-state index contributed by atoms with van der Waals surface area (Å²) in [5.74, 6) is -1.77. The van der Waals surface area contributed by atoms with Gasteiger partial charge in [-0.05, 0) is 12.1 Å². The monoisotopic (exact) mass is 270 g/mol. The normalized spacial score (nSPS) is 11.1. The first-order valence-electron chi connectivity index (χ1n) is 4.18. The minimum atomic E-state index is -4.81. The van der Waals surface area contributed by atoms with Crippen molar-refractivity contribution in [3.63, 3.8) is 0 Å². The van der Waals surface area contributed by atoms with Crippen molar-refractivity contribution in [3.8, 4) is 11.5 Å². The predicted molar refractivity (Wildman–Crippen MR) is 51.3 cm³/mol. The number of aliphatic carboxylic acids is 1. The third-order valence-electron chi connectivity index (χ3n) is 1.49. The molecule has 1 N–H and O–H groups in total. The Morgan fingerprint density at radius 1 is 1.41 bits per heavy atom. The maximum absolute atomic E-state index is 11.9. The van der Waals surface area contributed by atoms with E-state index < -0.39 is 24.7 Å². The molecule has 0 aliphatic rings. The highest BCUT2D eigenvalue weighted by Crippen LogP contribution is 2.31. The Kier molecular flexibility index (Phi) is 4.06. The van der Waals surface area contributed by atoms with Crippen LogP contribution in [0.4, 0.5) is 13.2 Å². The van der Waals surface area contributed by atoms with Crippen LogP contribution in [0, 0.1) is 0 Å². The number of rotatable bonds is 4. The minimum absolute atomic E-state index is 0.0383. The molecule has 1 aromatic rings. The van der Waals surface area contributed by atoms with Gasteiger partial charge < -0.3 is 14.6 Å². The Hall–Kier alpha value is -1.63. The first-order chi connectivity index (χ1) is 7.78. The Labute approximate surface area is 98.5 Å². The lowest BCUT2D eigenvalue weighted by molar-refractivity contribution is -0.274. The molecule has 0 atom stereocenters. The van der Waals surface area contributed by atoms with E-state index in [2.05, 4.69) is 4.74 Å². The molecule has 0 heterocycles. The standard InChI is InChI=1S/C9H6ClF3O4/c10-6-3-5(17-9(11,12)13)1-2-7(6)16-4-8(14)15/h1-3H,4H2,(H,14,15). The number of benzene rings is 1. The van der Waals surface area contributed by atoms with Crippen LogP contribution >= 0.6 is 11.6 Å². The van der Waals surface area contributed by atoms with Gasteiger partial charge in [0.25, 0.3) is 0 Å². The predicted octanol–water partition coefficient (Wildman–Crippen LogP) is 2.70. The number of alkyl halides is 3. The fraction of sp³-hybridized carbons (Fsp3) is 0.222. The number of carboxylic acid groups (broad SMARTS) is 1. The van der Waals surface area contributed by atoms with Gasteiger partial charge in [0.1, 0.15) is 11.5 Å². The number of halogens is 4. The zero-order valence-corrected chi connectivity index (χ0v) is 8.88. The van der Waals surface area contributed by atoms with Crippen molar-refractivity contribution < 1.29 is 32.5 Å². The van der Waals surface area contributed by atoms with E-state index in [-0.39, 0.29) is 10.8 Å². The summed E-state index contributed by atoms with van der Waals surface area (Å²) >= 11 is 5.58. The van der Waals surface area contributed by atoms with Crippen LogP contribution in [0.3, 0.4) is 0 Å². The SMILES string of the molecule is O=C(O)COc1ccc(OC(F)(F)F)cc1Cl. The van der Waals surface area contributed by atoms with Gasteiger partial charge in [-0.2, -0.15) is 0 Å². The Morgan fingerprint density at radius 3 is 2.53 bits per heavy atom. The lowest BCUT2D eigenvalue weighted by atomic mass is 10.3. The minimum Gasteiger partial charge on any atom is -0.480 e. The van der Waals surface area contributed by atoms with Gasteiger partial charge in [0.15, 0.2) is 6.61 Å². The van der Waals surface area contributed by atoms with Crippen LogP contribution in [0.1, 0.15) is 0 Å². The molecule has 0 radical (unpaired) electrons. The topological polar surface area (TPSA) is 55.8 Å². The van der Waals surface area contributed by atoms with E-state index in [1.807, 2.05) is 0 Å². The molecule has 4 nitrogen and oxygen atoms in total. The van der Waals surface area contributed by atoms with E-state index in [0.717, 1.165) is 18.2 Å². The fourth-order valence-corrected chi connectivity index (χ4v) is 1.16. The molecule has 0 amide bonds. The summed E-state index contributed by atoms with van der Waals surface area (Å²) in [4.78, 5) is 10.2. The van der Waals surface area contributed by atoms with Crippen LogP contribution in [-0.4, -0.2) is 24.0 Å². The molecule has 0 unspecified atom stereocenters. The summed E-state index contributed by atoms with van der Waals surface area (Å²) in [5, 5.41) is 8.16. The molecule has 0 saturated heterocycles.